The summed E-state index contributed by atoms with van der Waals surface area (Å²) in [7, 11) is 0. The van der Waals surface area contributed by atoms with Gasteiger partial charge in [0.1, 0.15) is 5.15 Å². The quantitative estimate of drug-likeness (QED) is 0.469. The van der Waals surface area contributed by atoms with E-state index in [-0.39, 0.29) is 5.91 Å². The van der Waals surface area contributed by atoms with E-state index >= 15 is 0 Å². The van der Waals surface area contributed by atoms with E-state index in [1.807, 2.05) is 38.1 Å². The Morgan fingerprint density at radius 1 is 1.23 bits per heavy atom. The molecule has 0 aliphatic rings. The number of anilines is 1. The van der Waals surface area contributed by atoms with Gasteiger partial charge in [-0.2, -0.15) is 5.10 Å². The first-order chi connectivity index (χ1) is 14.4. The fraction of sp³-hybridized carbons (Fsp3) is 0.136. The number of aromatic nitrogens is 3. The van der Waals surface area contributed by atoms with Gasteiger partial charge in [-0.05, 0) is 43.7 Å². The Morgan fingerprint density at radius 2 is 2.00 bits per heavy atom. The molecular weight excluding hydrogens is 404 g/mol. The van der Waals surface area contributed by atoms with Crippen LogP contribution in [0.1, 0.15) is 22.4 Å². The molecule has 2 heterocycles. The lowest BCUT2D eigenvalue weighted by Gasteiger charge is -2.04. The minimum Gasteiger partial charge on any atom is -0.408 e. The van der Waals surface area contributed by atoms with Gasteiger partial charge in [0.2, 0.25) is 5.91 Å². The molecule has 2 N–H and O–H groups in total. The minimum absolute atomic E-state index is 0.332. The van der Waals surface area contributed by atoms with Gasteiger partial charge in [0, 0.05) is 17.3 Å². The van der Waals surface area contributed by atoms with Crippen LogP contribution < -0.4 is 11.1 Å². The van der Waals surface area contributed by atoms with Crippen LogP contribution in [0.2, 0.25) is 5.15 Å². The van der Waals surface area contributed by atoms with Crippen molar-refractivity contribution in [1.29, 1.82) is 0 Å². The lowest BCUT2D eigenvalue weighted by atomic mass is 10.1. The molecular formula is C22H19ClN4O3. The van der Waals surface area contributed by atoms with Crippen molar-refractivity contribution in [2.75, 3.05) is 5.32 Å². The van der Waals surface area contributed by atoms with Crippen molar-refractivity contribution in [2.24, 2.45) is 0 Å². The number of carbonyl (C=O) groups excluding carboxylic acids is 1. The second-order valence-electron chi connectivity index (χ2n) is 6.98. The maximum Gasteiger partial charge on any atom is 0.417 e. The SMILES string of the molecule is Cc1ccc(Cn2nc(C)c(C=CC(=O)Nc3ccc4oc(=O)[nH]c4c3)c2Cl)cc1. The number of nitrogens with one attached hydrogen (secondary N) is 2. The second kappa shape index (κ2) is 8.04. The first-order valence-electron chi connectivity index (χ1n) is 9.29. The van der Waals surface area contributed by atoms with Crippen LogP contribution in [0.5, 0.6) is 0 Å². The summed E-state index contributed by atoms with van der Waals surface area (Å²) in [6.07, 6.45) is 3.04. The van der Waals surface area contributed by atoms with Crippen LogP contribution in [-0.4, -0.2) is 20.7 Å². The summed E-state index contributed by atoms with van der Waals surface area (Å²) in [5.41, 5.74) is 5.17. The first kappa shape index (κ1) is 19.7. The predicted molar refractivity (Wildman–Crippen MR) is 117 cm³/mol. The van der Waals surface area contributed by atoms with Gasteiger partial charge in [-0.3, -0.25) is 9.78 Å². The molecule has 0 fully saturated rings. The number of rotatable bonds is 5. The highest BCUT2D eigenvalue weighted by Crippen LogP contribution is 2.23. The Morgan fingerprint density at radius 3 is 2.77 bits per heavy atom. The van der Waals surface area contributed by atoms with Gasteiger partial charge in [-0.15, -0.1) is 0 Å². The van der Waals surface area contributed by atoms with Crippen LogP contribution in [0, 0.1) is 13.8 Å². The van der Waals surface area contributed by atoms with Crippen molar-refractivity contribution in [3.8, 4) is 0 Å². The molecule has 0 saturated carbocycles. The second-order valence-corrected chi connectivity index (χ2v) is 7.34. The molecule has 0 unspecified atom stereocenters. The smallest absolute Gasteiger partial charge is 0.408 e. The van der Waals surface area contributed by atoms with Crippen molar-refractivity contribution < 1.29 is 9.21 Å². The molecule has 0 atom stereocenters. The van der Waals surface area contributed by atoms with E-state index in [1.165, 1.54) is 11.6 Å². The van der Waals surface area contributed by atoms with Crippen LogP contribution >= 0.6 is 11.6 Å². The standard InChI is InChI=1S/C22H19ClN4O3/c1-13-3-5-15(6-4-13)12-27-21(23)17(14(2)26-27)8-10-20(28)24-16-7-9-19-18(11-16)25-22(29)30-19/h3-11H,12H2,1-2H3,(H,24,28)(H,25,29). The molecule has 4 aromatic rings. The summed E-state index contributed by atoms with van der Waals surface area (Å²) in [6, 6.07) is 13.1. The Kier molecular flexibility index (Phi) is 5.29. The van der Waals surface area contributed by atoms with Crippen molar-refractivity contribution in [2.45, 2.75) is 20.4 Å². The number of H-pyrrole nitrogens is 1. The molecule has 30 heavy (non-hydrogen) atoms. The molecule has 0 radical (unpaired) electrons. The number of hydrogen-bond donors (Lipinski definition) is 2. The van der Waals surface area contributed by atoms with E-state index in [4.69, 9.17) is 16.0 Å². The largest absolute Gasteiger partial charge is 0.417 e. The number of nitrogens with zero attached hydrogens (tertiary/aromatic N) is 2. The van der Waals surface area contributed by atoms with Gasteiger partial charge in [0.05, 0.1) is 17.8 Å². The third kappa shape index (κ3) is 4.21. The van der Waals surface area contributed by atoms with Gasteiger partial charge in [-0.1, -0.05) is 41.4 Å². The van der Waals surface area contributed by atoms with Crippen LogP contribution in [0.15, 0.2) is 57.8 Å². The Balaban J connectivity index is 1.48. The fourth-order valence-corrected chi connectivity index (χ4v) is 3.40. The molecule has 1 amide bonds. The average molecular weight is 423 g/mol. The first-order valence-corrected chi connectivity index (χ1v) is 9.67. The number of aromatic amines is 1. The van der Waals surface area contributed by atoms with Crippen molar-refractivity contribution in [3.05, 3.63) is 86.6 Å². The molecule has 0 aliphatic heterocycles. The lowest BCUT2D eigenvalue weighted by Crippen LogP contribution is -2.07. The van der Waals surface area contributed by atoms with E-state index < -0.39 is 5.76 Å². The highest BCUT2D eigenvalue weighted by molar-refractivity contribution is 6.31. The lowest BCUT2D eigenvalue weighted by molar-refractivity contribution is -0.111. The van der Waals surface area contributed by atoms with Crippen LogP contribution in [0.4, 0.5) is 5.69 Å². The number of aryl methyl sites for hydroxylation is 2. The molecule has 2 aromatic carbocycles. The zero-order chi connectivity index (χ0) is 21.3. The molecule has 8 heteroatoms. The van der Waals surface area contributed by atoms with E-state index in [9.17, 15) is 9.59 Å². The molecule has 0 saturated heterocycles. The van der Waals surface area contributed by atoms with Crippen molar-refractivity contribution >= 4 is 40.4 Å². The van der Waals surface area contributed by atoms with E-state index in [2.05, 4.69) is 15.4 Å². The fourth-order valence-electron chi connectivity index (χ4n) is 3.10. The predicted octanol–water partition coefficient (Wildman–Crippen LogP) is 4.29. The Bertz CT molecular complexity index is 1310. The van der Waals surface area contributed by atoms with Gasteiger partial charge in [0.15, 0.2) is 5.58 Å². The van der Waals surface area contributed by atoms with Gasteiger partial charge in [-0.25, -0.2) is 9.48 Å². The average Bonchev–Trinajstić information content (AvgIpc) is 3.20. The van der Waals surface area contributed by atoms with Gasteiger partial charge < -0.3 is 9.73 Å². The van der Waals surface area contributed by atoms with Crippen LogP contribution in [0.25, 0.3) is 17.2 Å². The highest BCUT2D eigenvalue weighted by atomic mass is 35.5. The molecule has 152 valence electrons. The van der Waals surface area contributed by atoms with Crippen LogP contribution in [-0.2, 0) is 11.3 Å². The van der Waals surface area contributed by atoms with Crippen molar-refractivity contribution in [1.82, 2.24) is 14.8 Å². The third-order valence-electron chi connectivity index (χ3n) is 4.65. The third-order valence-corrected chi connectivity index (χ3v) is 5.05. The number of hydrogen-bond acceptors (Lipinski definition) is 4. The molecule has 0 bridgehead atoms. The normalized spacial score (nSPS) is 11.4. The summed E-state index contributed by atoms with van der Waals surface area (Å²) in [5.74, 6) is -0.872. The maximum atomic E-state index is 12.3. The highest BCUT2D eigenvalue weighted by Gasteiger charge is 2.12. The summed E-state index contributed by atoms with van der Waals surface area (Å²) in [5, 5.41) is 7.70. The molecule has 4 rings (SSSR count). The monoisotopic (exact) mass is 422 g/mol. The zero-order valence-corrected chi connectivity index (χ0v) is 17.2. The van der Waals surface area contributed by atoms with Crippen molar-refractivity contribution in [3.63, 3.8) is 0 Å². The number of oxazole rings is 1. The minimum atomic E-state index is -0.541. The molecule has 0 aliphatic carbocycles. The topological polar surface area (TPSA) is 92.9 Å². The number of amides is 1. The molecule has 2 aromatic heterocycles. The van der Waals surface area contributed by atoms with E-state index in [0.29, 0.717) is 34.0 Å². The van der Waals surface area contributed by atoms with E-state index in [0.717, 1.165) is 11.3 Å². The number of fused-ring (bicyclic) bond motifs is 1. The molecule has 0 spiro atoms. The Hall–Kier alpha value is -3.58. The number of carbonyl (C=O) groups is 1. The summed E-state index contributed by atoms with van der Waals surface area (Å²) in [6.45, 7) is 4.43. The number of benzene rings is 2. The Labute approximate surface area is 177 Å². The zero-order valence-electron chi connectivity index (χ0n) is 16.4. The summed E-state index contributed by atoms with van der Waals surface area (Å²) in [4.78, 5) is 26.1. The maximum absolute atomic E-state index is 12.3. The van der Waals surface area contributed by atoms with Crippen LogP contribution in [0.3, 0.4) is 0 Å². The summed E-state index contributed by atoms with van der Waals surface area (Å²) < 4.78 is 6.66. The summed E-state index contributed by atoms with van der Waals surface area (Å²) >= 11 is 6.50. The van der Waals surface area contributed by atoms with Gasteiger partial charge in [0.25, 0.3) is 0 Å². The van der Waals surface area contributed by atoms with Gasteiger partial charge >= 0.3 is 5.76 Å². The molecule has 7 nitrogen and oxygen atoms in total. The van der Waals surface area contributed by atoms with E-state index in [1.54, 1.807) is 29.0 Å². The number of halogens is 1.